The number of rotatable bonds is 7. The highest BCUT2D eigenvalue weighted by atomic mass is 79.9. The van der Waals surface area contributed by atoms with Gasteiger partial charge in [0, 0.05) is 26.0 Å². The summed E-state index contributed by atoms with van der Waals surface area (Å²) in [6, 6.07) is 22.2. The first-order valence-corrected chi connectivity index (χ1v) is 13.9. The van der Waals surface area contributed by atoms with Crippen LogP contribution in [0.3, 0.4) is 0 Å². The number of esters is 1. The van der Waals surface area contributed by atoms with Gasteiger partial charge in [-0.25, -0.2) is 10.2 Å². The fraction of sp³-hybridized carbons (Fsp3) is 0.0333. The van der Waals surface area contributed by atoms with E-state index >= 15 is 0 Å². The smallest absolute Gasteiger partial charge is 0.345 e. The van der Waals surface area contributed by atoms with E-state index < -0.39 is 11.9 Å². The zero-order chi connectivity index (χ0) is 29.1. The summed E-state index contributed by atoms with van der Waals surface area (Å²) < 4.78 is 11.6. The van der Waals surface area contributed by atoms with Gasteiger partial charge in [-0.05, 0) is 54.1 Å². The van der Waals surface area contributed by atoms with E-state index in [0.29, 0.717) is 32.3 Å². The Balaban J connectivity index is 1.39. The highest BCUT2D eigenvalue weighted by Gasteiger charge is 2.22. The zero-order valence-corrected chi connectivity index (χ0v) is 25.0. The Morgan fingerprint density at radius 1 is 0.902 bits per heavy atom. The maximum atomic E-state index is 13.3. The molecule has 0 saturated heterocycles. The molecular formula is C30H19BrCl3N3O4. The molecular weight excluding hydrogens is 653 g/mol. The first-order chi connectivity index (χ1) is 19.8. The molecule has 0 aliphatic rings. The lowest BCUT2D eigenvalue weighted by atomic mass is 10.0. The average Bonchev–Trinajstić information content (AvgIpc) is 3.33. The topological polar surface area (TPSA) is 92.8 Å². The SMILES string of the molecule is COc1cc(C=NNC(=O)c2[nH]c3c(Cl)cc(Br)cc3c2-c2ccccc2Cl)ccc1OC(=O)c1ccccc1Cl. The van der Waals surface area contributed by atoms with E-state index in [2.05, 4.69) is 31.4 Å². The lowest BCUT2D eigenvalue weighted by molar-refractivity contribution is 0.0729. The Morgan fingerprint density at radius 3 is 2.37 bits per heavy atom. The Kier molecular flexibility index (Phi) is 8.65. The number of hydrogen-bond acceptors (Lipinski definition) is 5. The average molecular weight is 672 g/mol. The molecule has 0 radical (unpaired) electrons. The van der Waals surface area contributed by atoms with Gasteiger partial charge >= 0.3 is 5.97 Å². The van der Waals surface area contributed by atoms with Crippen molar-refractivity contribution in [2.75, 3.05) is 7.11 Å². The number of benzene rings is 4. The van der Waals surface area contributed by atoms with E-state index in [1.54, 1.807) is 54.6 Å². The van der Waals surface area contributed by atoms with E-state index in [9.17, 15) is 9.59 Å². The van der Waals surface area contributed by atoms with Gasteiger partial charge in [0.2, 0.25) is 0 Å². The number of amides is 1. The Morgan fingerprint density at radius 2 is 1.63 bits per heavy atom. The zero-order valence-electron chi connectivity index (χ0n) is 21.2. The molecule has 7 nitrogen and oxygen atoms in total. The summed E-state index contributed by atoms with van der Waals surface area (Å²) in [4.78, 5) is 29.0. The highest BCUT2D eigenvalue weighted by Crippen LogP contribution is 2.40. The van der Waals surface area contributed by atoms with Crippen molar-refractivity contribution in [3.8, 4) is 22.6 Å². The lowest BCUT2D eigenvalue weighted by Gasteiger charge is -2.10. The number of aromatic nitrogens is 1. The number of ether oxygens (including phenoxy) is 2. The normalized spacial score (nSPS) is 11.1. The molecule has 0 aliphatic carbocycles. The molecule has 11 heteroatoms. The highest BCUT2D eigenvalue weighted by molar-refractivity contribution is 9.10. The number of carbonyl (C=O) groups excluding carboxylic acids is 2. The van der Waals surface area contributed by atoms with Gasteiger partial charge in [0.05, 0.1) is 34.4 Å². The Hall–Kier alpha value is -3.82. The number of carbonyl (C=O) groups is 2. The van der Waals surface area contributed by atoms with Gasteiger partial charge in [-0.15, -0.1) is 0 Å². The minimum atomic E-state index is -0.623. The minimum absolute atomic E-state index is 0.198. The molecule has 1 amide bonds. The number of nitrogens with one attached hydrogen (secondary N) is 2. The summed E-state index contributed by atoms with van der Waals surface area (Å²) in [6.45, 7) is 0. The number of hydrazone groups is 1. The van der Waals surface area contributed by atoms with Gasteiger partial charge in [-0.2, -0.15) is 5.10 Å². The summed E-state index contributed by atoms with van der Waals surface area (Å²) >= 11 is 22.5. The van der Waals surface area contributed by atoms with Crippen molar-refractivity contribution in [3.05, 3.63) is 115 Å². The van der Waals surface area contributed by atoms with E-state index in [-0.39, 0.29) is 27.8 Å². The molecule has 206 valence electrons. The van der Waals surface area contributed by atoms with Crippen molar-refractivity contribution in [2.45, 2.75) is 0 Å². The van der Waals surface area contributed by atoms with Crippen molar-refractivity contribution in [3.63, 3.8) is 0 Å². The molecule has 0 unspecified atom stereocenters. The van der Waals surface area contributed by atoms with Crippen LogP contribution in [0.1, 0.15) is 26.4 Å². The number of nitrogens with zero attached hydrogens (tertiary/aromatic N) is 1. The predicted octanol–water partition coefficient (Wildman–Crippen LogP) is 8.55. The van der Waals surface area contributed by atoms with E-state index in [1.807, 2.05) is 24.3 Å². The van der Waals surface area contributed by atoms with Crippen LogP contribution in [0.2, 0.25) is 15.1 Å². The molecule has 1 heterocycles. The molecule has 5 aromatic rings. The standard InChI is InChI=1S/C30H19BrCl3N3O4/c1-40-25-12-16(10-11-24(25)41-30(39)19-7-3-5-9-22(19)33)15-35-37-29(38)28-26(18-6-2-4-8-21(18)32)20-13-17(31)14-23(34)27(20)36-28/h2-15,36H,1H3,(H,37,38). The van der Waals surface area contributed by atoms with Crippen LogP contribution in [0, 0.1) is 0 Å². The van der Waals surface area contributed by atoms with Crippen molar-refractivity contribution in [2.24, 2.45) is 5.10 Å². The monoisotopic (exact) mass is 669 g/mol. The second-order valence-corrected chi connectivity index (χ2v) is 10.8. The third kappa shape index (κ3) is 6.11. The number of fused-ring (bicyclic) bond motifs is 1. The Labute approximate surface area is 258 Å². The summed E-state index contributed by atoms with van der Waals surface area (Å²) in [7, 11) is 1.44. The van der Waals surface area contributed by atoms with E-state index in [4.69, 9.17) is 44.3 Å². The number of aromatic amines is 1. The fourth-order valence-electron chi connectivity index (χ4n) is 4.19. The van der Waals surface area contributed by atoms with Crippen LogP contribution in [-0.4, -0.2) is 30.2 Å². The molecule has 1 aromatic heterocycles. The summed E-state index contributed by atoms with van der Waals surface area (Å²) in [5, 5.41) is 6.02. The van der Waals surface area contributed by atoms with E-state index in [1.165, 1.54) is 13.3 Å². The van der Waals surface area contributed by atoms with Crippen molar-refractivity contribution in [1.29, 1.82) is 0 Å². The van der Waals surface area contributed by atoms with Gasteiger partial charge in [-0.1, -0.05) is 81.1 Å². The van der Waals surface area contributed by atoms with Crippen molar-refractivity contribution >= 4 is 79.7 Å². The summed E-state index contributed by atoms with van der Waals surface area (Å²) in [5.41, 5.74) is 5.43. The quantitative estimate of drug-likeness (QED) is 0.0785. The summed E-state index contributed by atoms with van der Waals surface area (Å²) in [6.07, 6.45) is 1.43. The largest absolute Gasteiger partial charge is 0.493 e. The molecule has 0 saturated carbocycles. The number of halogens is 4. The van der Waals surface area contributed by atoms with Crippen LogP contribution in [0.25, 0.3) is 22.0 Å². The Bertz CT molecular complexity index is 1840. The van der Waals surface area contributed by atoms with Gasteiger partial charge in [0.15, 0.2) is 11.5 Å². The molecule has 5 rings (SSSR count). The van der Waals surface area contributed by atoms with Crippen LogP contribution < -0.4 is 14.9 Å². The summed E-state index contributed by atoms with van der Waals surface area (Å²) in [5.74, 6) is -0.638. The maximum Gasteiger partial charge on any atom is 0.345 e. The van der Waals surface area contributed by atoms with Gasteiger partial charge in [0.25, 0.3) is 5.91 Å². The molecule has 2 N–H and O–H groups in total. The number of H-pyrrole nitrogens is 1. The maximum absolute atomic E-state index is 13.3. The van der Waals surface area contributed by atoms with Crippen LogP contribution in [0.15, 0.2) is 88.4 Å². The van der Waals surface area contributed by atoms with Crippen molar-refractivity contribution < 1.29 is 19.1 Å². The van der Waals surface area contributed by atoms with Crippen LogP contribution in [0.4, 0.5) is 0 Å². The number of methoxy groups -OCH3 is 1. The van der Waals surface area contributed by atoms with Gasteiger partial charge in [0.1, 0.15) is 5.69 Å². The van der Waals surface area contributed by atoms with Gasteiger partial charge < -0.3 is 14.5 Å². The molecule has 0 bridgehead atoms. The first kappa shape index (κ1) is 28.7. The molecule has 0 atom stereocenters. The molecule has 0 spiro atoms. The third-order valence-corrected chi connectivity index (χ3v) is 7.47. The van der Waals surface area contributed by atoms with E-state index in [0.717, 1.165) is 9.86 Å². The molecule has 4 aromatic carbocycles. The van der Waals surface area contributed by atoms with Crippen molar-refractivity contribution in [1.82, 2.24) is 10.4 Å². The molecule has 0 fully saturated rings. The van der Waals surface area contributed by atoms with Crippen LogP contribution in [0.5, 0.6) is 11.5 Å². The molecule has 41 heavy (non-hydrogen) atoms. The first-order valence-electron chi connectivity index (χ1n) is 12.0. The second-order valence-electron chi connectivity index (χ2n) is 8.64. The lowest BCUT2D eigenvalue weighted by Crippen LogP contribution is -2.19. The number of hydrogen-bond donors (Lipinski definition) is 2. The third-order valence-electron chi connectivity index (χ3n) is 6.06. The minimum Gasteiger partial charge on any atom is -0.493 e. The van der Waals surface area contributed by atoms with Crippen LogP contribution >= 0.6 is 50.7 Å². The van der Waals surface area contributed by atoms with Crippen LogP contribution in [-0.2, 0) is 0 Å². The van der Waals surface area contributed by atoms with Gasteiger partial charge in [-0.3, -0.25) is 4.79 Å². The molecule has 0 aliphatic heterocycles. The fourth-order valence-corrected chi connectivity index (χ4v) is 5.49. The second kappa shape index (κ2) is 12.4. The predicted molar refractivity (Wildman–Crippen MR) is 166 cm³/mol.